The lowest BCUT2D eigenvalue weighted by molar-refractivity contribution is -0.116. The highest BCUT2D eigenvalue weighted by atomic mass is 16.1. The molecule has 0 saturated heterocycles. The number of hydrogen-bond acceptors (Lipinski definition) is 2. The smallest absolute Gasteiger partial charge is 0.251 e. The van der Waals surface area contributed by atoms with Gasteiger partial charge in [-0.15, -0.1) is 0 Å². The summed E-state index contributed by atoms with van der Waals surface area (Å²) in [6.07, 6.45) is 14.3. The maximum Gasteiger partial charge on any atom is 0.251 e. The summed E-state index contributed by atoms with van der Waals surface area (Å²) in [5.41, 5.74) is 1.57. The van der Waals surface area contributed by atoms with Crippen molar-refractivity contribution in [1.29, 1.82) is 0 Å². The first-order chi connectivity index (χ1) is 8.77. The van der Waals surface area contributed by atoms with E-state index in [0.717, 1.165) is 18.7 Å². The number of carbonyl (C=O) groups is 1. The van der Waals surface area contributed by atoms with Crippen molar-refractivity contribution in [2.24, 2.45) is 4.99 Å². The molecule has 0 unspecified atom stereocenters. The van der Waals surface area contributed by atoms with E-state index >= 15 is 0 Å². The molecule has 1 aliphatic carbocycles. The van der Waals surface area contributed by atoms with Gasteiger partial charge >= 0.3 is 0 Å². The first-order valence-electron chi connectivity index (χ1n) is 6.25. The molecule has 0 aromatic rings. The van der Waals surface area contributed by atoms with Gasteiger partial charge in [0.1, 0.15) is 0 Å². The van der Waals surface area contributed by atoms with Crippen LogP contribution in [0, 0.1) is 0 Å². The molecule has 0 saturated carbocycles. The first-order valence-corrected chi connectivity index (χ1v) is 6.25. The van der Waals surface area contributed by atoms with Crippen LogP contribution < -0.4 is 5.32 Å². The second-order valence-corrected chi connectivity index (χ2v) is 3.84. The van der Waals surface area contributed by atoms with Gasteiger partial charge in [0.05, 0.1) is 12.3 Å². The standard InChI is InChI=1S/C15H20N2O/c1-3-9-14(16-4-2)12-17-15(18)13-10-7-5-6-8-11-13/h3,5,7-11H,4,6,12H2,1-2H3,(H,17,18)/b9-3-,16-14?. The van der Waals surface area contributed by atoms with E-state index in [2.05, 4.69) is 10.3 Å². The van der Waals surface area contributed by atoms with Crippen molar-refractivity contribution in [2.45, 2.75) is 20.3 Å². The zero-order valence-corrected chi connectivity index (χ0v) is 11.0. The number of carbonyl (C=O) groups excluding carboxylic acids is 1. The van der Waals surface area contributed by atoms with Crippen LogP contribution in [0.1, 0.15) is 20.3 Å². The summed E-state index contributed by atoms with van der Waals surface area (Å²) in [5, 5.41) is 2.88. The second-order valence-electron chi connectivity index (χ2n) is 3.84. The molecule has 0 aliphatic heterocycles. The van der Waals surface area contributed by atoms with Crippen molar-refractivity contribution in [3.05, 3.63) is 48.1 Å². The molecule has 96 valence electrons. The molecule has 0 aromatic carbocycles. The van der Waals surface area contributed by atoms with Crippen LogP contribution in [0.15, 0.2) is 53.1 Å². The maximum absolute atomic E-state index is 11.9. The van der Waals surface area contributed by atoms with Gasteiger partial charge in [0, 0.05) is 12.1 Å². The molecule has 1 aliphatic rings. The topological polar surface area (TPSA) is 41.5 Å². The Kier molecular flexibility index (Phi) is 6.47. The number of allylic oxidation sites excluding steroid dienone is 5. The molecule has 1 N–H and O–H groups in total. The fourth-order valence-electron chi connectivity index (χ4n) is 1.57. The third-order valence-corrected chi connectivity index (χ3v) is 2.39. The molecule has 0 spiro atoms. The van der Waals surface area contributed by atoms with Crippen molar-refractivity contribution < 1.29 is 4.79 Å². The monoisotopic (exact) mass is 244 g/mol. The number of nitrogens with one attached hydrogen (secondary N) is 1. The number of amides is 1. The lowest BCUT2D eigenvalue weighted by Crippen LogP contribution is -2.29. The van der Waals surface area contributed by atoms with E-state index in [1.54, 1.807) is 0 Å². The van der Waals surface area contributed by atoms with Crippen LogP contribution in [0.25, 0.3) is 0 Å². The van der Waals surface area contributed by atoms with Crippen molar-refractivity contribution in [1.82, 2.24) is 5.32 Å². The van der Waals surface area contributed by atoms with Crippen molar-refractivity contribution in [3.63, 3.8) is 0 Å². The third kappa shape index (κ3) is 4.95. The Morgan fingerprint density at radius 2 is 2.33 bits per heavy atom. The van der Waals surface area contributed by atoms with Crippen LogP contribution in [-0.4, -0.2) is 24.7 Å². The quantitative estimate of drug-likeness (QED) is 0.742. The van der Waals surface area contributed by atoms with Crippen molar-refractivity contribution in [2.75, 3.05) is 13.1 Å². The lowest BCUT2D eigenvalue weighted by atomic mass is 10.2. The maximum atomic E-state index is 11.9. The Balaban J connectivity index is 2.57. The average molecular weight is 244 g/mol. The zero-order valence-electron chi connectivity index (χ0n) is 11.0. The van der Waals surface area contributed by atoms with Gasteiger partial charge in [-0.1, -0.05) is 30.4 Å². The number of hydrogen-bond donors (Lipinski definition) is 1. The summed E-state index contributed by atoms with van der Waals surface area (Å²) < 4.78 is 0. The van der Waals surface area contributed by atoms with Gasteiger partial charge in [-0.25, -0.2) is 0 Å². The third-order valence-electron chi connectivity index (χ3n) is 2.39. The highest BCUT2D eigenvalue weighted by Gasteiger charge is 2.06. The Bertz CT molecular complexity index is 426. The SMILES string of the molecule is C/C=C\C(CNC(=O)C1=CC=CCC=C1)=NCC. The predicted molar refractivity (Wildman–Crippen MR) is 76.8 cm³/mol. The molecule has 18 heavy (non-hydrogen) atoms. The highest BCUT2D eigenvalue weighted by molar-refractivity contribution is 6.02. The lowest BCUT2D eigenvalue weighted by Gasteiger charge is -2.05. The van der Waals surface area contributed by atoms with E-state index in [1.165, 1.54) is 0 Å². The Labute approximate surface area is 109 Å². The molecule has 0 atom stereocenters. The number of aliphatic imine (C=N–C) groups is 1. The van der Waals surface area contributed by atoms with Crippen LogP contribution in [0.3, 0.4) is 0 Å². The van der Waals surface area contributed by atoms with Crippen molar-refractivity contribution >= 4 is 11.6 Å². The van der Waals surface area contributed by atoms with E-state index in [9.17, 15) is 4.79 Å². The van der Waals surface area contributed by atoms with Gasteiger partial charge < -0.3 is 5.32 Å². The Hall–Kier alpha value is -1.90. The molecule has 0 bridgehead atoms. The normalized spacial score (nSPS) is 15.7. The summed E-state index contributed by atoms with van der Waals surface area (Å²) >= 11 is 0. The fraction of sp³-hybridized carbons (Fsp3) is 0.333. The van der Waals surface area contributed by atoms with Crippen molar-refractivity contribution in [3.8, 4) is 0 Å². The Morgan fingerprint density at radius 1 is 1.50 bits per heavy atom. The minimum atomic E-state index is -0.0638. The summed E-state index contributed by atoms with van der Waals surface area (Å²) in [5.74, 6) is -0.0638. The van der Waals surface area contributed by atoms with Crippen LogP contribution in [-0.2, 0) is 4.79 Å². The molecule has 0 heterocycles. The van der Waals surface area contributed by atoms with Gasteiger partial charge in [0.2, 0.25) is 0 Å². The Morgan fingerprint density at radius 3 is 3.06 bits per heavy atom. The van der Waals surface area contributed by atoms with Crippen LogP contribution in [0.4, 0.5) is 0 Å². The second kappa shape index (κ2) is 8.23. The summed E-state index contributed by atoms with van der Waals surface area (Å²) in [6.45, 7) is 5.10. The molecule has 0 radical (unpaired) electrons. The minimum Gasteiger partial charge on any atom is -0.346 e. The molecule has 0 aromatic heterocycles. The van der Waals surface area contributed by atoms with E-state index < -0.39 is 0 Å². The molecule has 3 nitrogen and oxygen atoms in total. The highest BCUT2D eigenvalue weighted by Crippen LogP contribution is 2.04. The molecule has 1 amide bonds. The van der Waals surface area contributed by atoms with E-state index in [0.29, 0.717) is 12.1 Å². The summed E-state index contributed by atoms with van der Waals surface area (Å²) in [4.78, 5) is 16.2. The average Bonchev–Trinajstić information content (AvgIpc) is 2.65. The predicted octanol–water partition coefficient (Wildman–Crippen LogP) is 2.58. The molecule has 0 fully saturated rings. The van der Waals surface area contributed by atoms with E-state index in [4.69, 9.17) is 0 Å². The number of nitrogens with zero attached hydrogens (tertiary/aromatic N) is 1. The summed E-state index contributed by atoms with van der Waals surface area (Å²) in [6, 6.07) is 0. The van der Waals surface area contributed by atoms with Gasteiger partial charge in [-0.05, 0) is 32.4 Å². The number of rotatable bonds is 5. The molecule has 1 rings (SSSR count). The largest absolute Gasteiger partial charge is 0.346 e. The molecular formula is C15H20N2O. The minimum absolute atomic E-state index is 0.0638. The first kappa shape index (κ1) is 14.2. The van der Waals surface area contributed by atoms with Gasteiger partial charge in [-0.2, -0.15) is 0 Å². The molecular weight excluding hydrogens is 224 g/mol. The van der Waals surface area contributed by atoms with E-state index in [-0.39, 0.29) is 5.91 Å². The zero-order chi connectivity index (χ0) is 13.2. The van der Waals surface area contributed by atoms with Crippen LogP contribution in [0.2, 0.25) is 0 Å². The fourth-order valence-corrected chi connectivity index (χ4v) is 1.57. The summed E-state index contributed by atoms with van der Waals surface area (Å²) in [7, 11) is 0. The molecule has 3 heteroatoms. The van der Waals surface area contributed by atoms with Crippen LogP contribution in [0.5, 0.6) is 0 Å². The van der Waals surface area contributed by atoms with E-state index in [1.807, 2.05) is 56.4 Å². The van der Waals surface area contributed by atoms with Gasteiger partial charge in [0.15, 0.2) is 0 Å². The van der Waals surface area contributed by atoms with Crippen LogP contribution >= 0.6 is 0 Å². The van der Waals surface area contributed by atoms with Gasteiger partial charge in [0.25, 0.3) is 5.91 Å². The van der Waals surface area contributed by atoms with Gasteiger partial charge in [-0.3, -0.25) is 9.79 Å².